The number of aromatic nitrogens is 2. The van der Waals surface area contributed by atoms with E-state index in [0.717, 1.165) is 28.0 Å². The van der Waals surface area contributed by atoms with Gasteiger partial charge in [-0.3, -0.25) is 14.3 Å². The maximum atomic E-state index is 13.2. The Morgan fingerprint density at radius 2 is 2.15 bits per heavy atom. The zero-order chi connectivity index (χ0) is 18.1. The van der Waals surface area contributed by atoms with Crippen molar-refractivity contribution in [2.45, 2.75) is 32.0 Å². The van der Waals surface area contributed by atoms with Gasteiger partial charge in [0.05, 0.1) is 22.5 Å². The van der Waals surface area contributed by atoms with Gasteiger partial charge in [0.1, 0.15) is 18.0 Å². The molecule has 0 spiro atoms. The second-order valence-corrected chi connectivity index (χ2v) is 6.92. The summed E-state index contributed by atoms with van der Waals surface area (Å²) in [5.41, 5.74) is 3.09. The number of rotatable bonds is 1. The van der Waals surface area contributed by atoms with Crippen molar-refractivity contribution in [1.29, 1.82) is 0 Å². The van der Waals surface area contributed by atoms with E-state index in [1.165, 1.54) is 0 Å². The Morgan fingerprint density at radius 3 is 2.96 bits per heavy atom. The molecular formula is C21H18N2O3. The molecule has 1 N–H and O–H groups in total. The molecule has 5 nitrogen and oxygen atoms in total. The number of aliphatic hydroxyl groups is 1. The molecule has 4 heterocycles. The van der Waals surface area contributed by atoms with Crippen LogP contribution in [0.15, 0.2) is 53.5 Å². The van der Waals surface area contributed by atoms with Gasteiger partial charge < -0.3 is 9.84 Å². The fourth-order valence-electron chi connectivity index (χ4n) is 4.06. The molecule has 0 fully saturated rings. The van der Waals surface area contributed by atoms with Crippen LogP contribution in [0.5, 0.6) is 0 Å². The molecular weight excluding hydrogens is 328 g/mol. The van der Waals surface area contributed by atoms with Gasteiger partial charge in [0.2, 0.25) is 0 Å². The van der Waals surface area contributed by atoms with Crippen molar-refractivity contribution >= 4 is 10.9 Å². The molecule has 0 radical (unpaired) electrons. The Balaban J connectivity index is 1.80. The summed E-state index contributed by atoms with van der Waals surface area (Å²) in [6.07, 6.45) is 0.965. The first-order valence-electron chi connectivity index (χ1n) is 8.75. The Kier molecular flexibility index (Phi) is 2.98. The molecule has 0 bridgehead atoms. The van der Waals surface area contributed by atoms with Crippen molar-refractivity contribution in [3.8, 4) is 5.69 Å². The van der Waals surface area contributed by atoms with E-state index in [1.54, 1.807) is 4.57 Å². The van der Waals surface area contributed by atoms with E-state index in [4.69, 9.17) is 9.72 Å². The van der Waals surface area contributed by atoms with Gasteiger partial charge in [-0.2, -0.15) is 0 Å². The predicted octanol–water partition coefficient (Wildman–Crippen LogP) is 2.93. The van der Waals surface area contributed by atoms with Crippen LogP contribution in [0, 0.1) is 0 Å². The van der Waals surface area contributed by atoms with Crippen LogP contribution in [0.3, 0.4) is 0 Å². The van der Waals surface area contributed by atoms with Crippen LogP contribution in [-0.4, -0.2) is 14.7 Å². The zero-order valence-electron chi connectivity index (χ0n) is 14.5. The van der Waals surface area contributed by atoms with E-state index < -0.39 is 5.60 Å². The summed E-state index contributed by atoms with van der Waals surface area (Å²) >= 11 is 0. The second kappa shape index (κ2) is 5.05. The normalized spacial score (nSPS) is 20.5. The number of hydrogen-bond donors (Lipinski definition) is 1. The minimum Gasteiger partial charge on any atom is -0.490 e. The van der Waals surface area contributed by atoms with Gasteiger partial charge in [0.25, 0.3) is 5.56 Å². The highest BCUT2D eigenvalue weighted by molar-refractivity contribution is 5.81. The second-order valence-electron chi connectivity index (χ2n) is 6.92. The molecule has 5 heteroatoms. The van der Waals surface area contributed by atoms with Gasteiger partial charge >= 0.3 is 0 Å². The summed E-state index contributed by atoms with van der Waals surface area (Å²) < 4.78 is 7.25. The minimum atomic E-state index is -1.32. The van der Waals surface area contributed by atoms with Crippen LogP contribution in [0.2, 0.25) is 0 Å². The fraction of sp³-hybridized carbons (Fsp3) is 0.238. The van der Waals surface area contributed by atoms with Crippen LogP contribution < -0.4 is 5.56 Å². The first-order valence-corrected chi connectivity index (χ1v) is 8.75. The molecule has 0 amide bonds. The van der Waals surface area contributed by atoms with Gasteiger partial charge in [-0.15, -0.1) is 0 Å². The Hall–Kier alpha value is -2.92. The Labute approximate surface area is 150 Å². The molecule has 130 valence electrons. The molecule has 1 aromatic carbocycles. The Morgan fingerprint density at radius 1 is 1.35 bits per heavy atom. The van der Waals surface area contributed by atoms with E-state index in [1.807, 2.05) is 43.3 Å². The number of para-hydroxylation sites is 1. The SMILES string of the molecule is C=C1OCc2c(cc3n(c2=O)-c2cc4ccccc4nc2C3)[C@@]1(O)CC. The summed E-state index contributed by atoms with van der Waals surface area (Å²) in [5, 5.41) is 12.0. The largest absolute Gasteiger partial charge is 0.490 e. The smallest absolute Gasteiger partial charge is 0.262 e. The van der Waals surface area contributed by atoms with Crippen molar-refractivity contribution in [3.05, 3.63) is 81.6 Å². The maximum absolute atomic E-state index is 13.2. The molecule has 3 aromatic rings. The van der Waals surface area contributed by atoms with Crippen molar-refractivity contribution in [3.63, 3.8) is 0 Å². The monoisotopic (exact) mass is 346 g/mol. The fourth-order valence-corrected chi connectivity index (χ4v) is 4.06. The van der Waals surface area contributed by atoms with Gasteiger partial charge in [-0.25, -0.2) is 0 Å². The number of pyridine rings is 2. The van der Waals surface area contributed by atoms with Gasteiger partial charge in [0.15, 0.2) is 0 Å². The van der Waals surface area contributed by atoms with Crippen molar-refractivity contribution in [2.75, 3.05) is 0 Å². The van der Waals surface area contributed by atoms with Crippen LogP contribution in [0.4, 0.5) is 0 Å². The molecule has 0 aliphatic carbocycles. The lowest BCUT2D eigenvalue weighted by Crippen LogP contribution is -2.38. The minimum absolute atomic E-state index is 0.131. The molecule has 0 saturated heterocycles. The van der Waals surface area contributed by atoms with Crippen LogP contribution in [0.25, 0.3) is 16.6 Å². The maximum Gasteiger partial charge on any atom is 0.262 e. The molecule has 2 aliphatic rings. The quantitative estimate of drug-likeness (QED) is 0.576. The third-order valence-electron chi connectivity index (χ3n) is 5.56. The van der Waals surface area contributed by atoms with Crippen molar-refractivity contribution in [2.24, 2.45) is 0 Å². The standard InChI is InChI=1S/C21H18N2O3/c1-3-21(25)12(2)26-11-15-16(21)9-14-10-18-19(23(14)20(15)24)8-13-6-4-5-7-17(13)22-18/h4-9,25H,2-3,10-11H2,1H3/t21-/m1/s1. The topological polar surface area (TPSA) is 64.4 Å². The van der Waals surface area contributed by atoms with Crippen molar-refractivity contribution < 1.29 is 9.84 Å². The van der Waals surface area contributed by atoms with E-state index >= 15 is 0 Å². The zero-order valence-corrected chi connectivity index (χ0v) is 14.5. The number of nitrogens with zero attached hydrogens (tertiary/aromatic N) is 2. The third kappa shape index (κ3) is 1.83. The van der Waals surface area contributed by atoms with E-state index in [0.29, 0.717) is 29.7 Å². The average Bonchev–Trinajstić information content (AvgIpc) is 3.01. The van der Waals surface area contributed by atoms with E-state index in [9.17, 15) is 9.90 Å². The number of benzene rings is 1. The molecule has 0 unspecified atom stereocenters. The van der Waals surface area contributed by atoms with Crippen molar-refractivity contribution in [1.82, 2.24) is 9.55 Å². The summed E-state index contributed by atoms with van der Waals surface area (Å²) in [6.45, 7) is 5.83. The molecule has 2 aliphatic heterocycles. The Bertz CT molecular complexity index is 1160. The first kappa shape index (κ1) is 15.3. The number of fused-ring (bicyclic) bond motifs is 5. The molecule has 5 rings (SSSR count). The highest BCUT2D eigenvalue weighted by Crippen LogP contribution is 2.40. The third-order valence-corrected chi connectivity index (χ3v) is 5.56. The number of hydrogen-bond acceptors (Lipinski definition) is 4. The highest BCUT2D eigenvalue weighted by Gasteiger charge is 2.41. The number of ether oxygens (including phenoxy) is 1. The van der Waals surface area contributed by atoms with Crippen LogP contribution in [0.1, 0.15) is 35.9 Å². The summed E-state index contributed by atoms with van der Waals surface area (Å²) in [6, 6.07) is 11.8. The van der Waals surface area contributed by atoms with Gasteiger partial charge in [0, 0.05) is 23.1 Å². The average molecular weight is 346 g/mol. The van der Waals surface area contributed by atoms with Crippen LogP contribution >= 0.6 is 0 Å². The van der Waals surface area contributed by atoms with E-state index in [-0.39, 0.29) is 12.2 Å². The molecule has 0 saturated carbocycles. The summed E-state index contributed by atoms with van der Waals surface area (Å²) in [4.78, 5) is 18.0. The first-order chi connectivity index (χ1) is 12.5. The van der Waals surface area contributed by atoms with Crippen LogP contribution in [-0.2, 0) is 23.4 Å². The lowest BCUT2D eigenvalue weighted by Gasteiger charge is -2.35. The summed E-state index contributed by atoms with van der Waals surface area (Å²) in [7, 11) is 0. The molecule has 26 heavy (non-hydrogen) atoms. The lowest BCUT2D eigenvalue weighted by atomic mass is 9.84. The molecule has 2 aromatic heterocycles. The summed E-state index contributed by atoms with van der Waals surface area (Å²) in [5.74, 6) is 0.302. The lowest BCUT2D eigenvalue weighted by molar-refractivity contribution is -0.0173. The highest BCUT2D eigenvalue weighted by atomic mass is 16.5. The molecule has 1 atom stereocenters. The van der Waals surface area contributed by atoms with E-state index in [2.05, 4.69) is 6.58 Å². The van der Waals surface area contributed by atoms with Gasteiger partial charge in [-0.1, -0.05) is 31.7 Å². The van der Waals surface area contributed by atoms with Gasteiger partial charge in [-0.05, 0) is 24.6 Å². The predicted molar refractivity (Wildman–Crippen MR) is 98.3 cm³/mol.